The fourth-order valence-corrected chi connectivity index (χ4v) is 2.88. The first kappa shape index (κ1) is 10.5. The summed E-state index contributed by atoms with van der Waals surface area (Å²) in [6, 6.07) is 2.92. The normalized spacial score (nSPS) is 19.1. The second kappa shape index (κ2) is 3.88. The van der Waals surface area contributed by atoms with Crippen molar-refractivity contribution >= 4 is 30.6 Å². The Kier molecular flexibility index (Phi) is 2.73. The van der Waals surface area contributed by atoms with Gasteiger partial charge in [0.2, 0.25) is 0 Å². The van der Waals surface area contributed by atoms with E-state index >= 15 is 0 Å². The van der Waals surface area contributed by atoms with Gasteiger partial charge in [0.1, 0.15) is 0 Å². The second-order valence-corrected chi connectivity index (χ2v) is 4.61. The first-order chi connectivity index (χ1) is 7.11. The molecule has 2 rings (SSSR count). The van der Waals surface area contributed by atoms with Crippen LogP contribution in [0.1, 0.15) is 24.2 Å². The van der Waals surface area contributed by atoms with Gasteiger partial charge in [-0.25, -0.2) is 0 Å². The average Bonchev–Trinajstić information content (AvgIpc) is 2.14. The Morgan fingerprint density at radius 3 is 3.00 bits per heavy atom. The predicted molar refractivity (Wildman–Crippen MR) is 57.1 cm³/mol. The summed E-state index contributed by atoms with van der Waals surface area (Å²) in [6.07, 6.45) is -0.102. The molecule has 15 heavy (non-hydrogen) atoms. The molecule has 0 radical (unpaired) electrons. The molecule has 1 aromatic rings. The van der Waals surface area contributed by atoms with Crippen molar-refractivity contribution in [1.29, 1.82) is 0 Å². The van der Waals surface area contributed by atoms with Gasteiger partial charge in [-0.3, -0.25) is 0 Å². The summed E-state index contributed by atoms with van der Waals surface area (Å²) >= 11 is -0.217. The van der Waals surface area contributed by atoms with Crippen LogP contribution in [0.4, 0.5) is 4.39 Å². The number of carbonyl (C=O) groups is 1. The summed E-state index contributed by atoms with van der Waals surface area (Å²) < 4.78 is 19.3. The topological polar surface area (TPSA) is 26.3 Å². The van der Waals surface area contributed by atoms with Gasteiger partial charge in [-0.2, -0.15) is 0 Å². The third-order valence-electron chi connectivity index (χ3n) is 2.53. The molecule has 4 heteroatoms. The molecule has 76 valence electrons. The van der Waals surface area contributed by atoms with Crippen LogP contribution in [-0.2, 0) is 16.0 Å². The number of halogens is 1. The van der Waals surface area contributed by atoms with Crippen molar-refractivity contribution < 1.29 is 13.9 Å². The van der Waals surface area contributed by atoms with Crippen molar-refractivity contribution in [1.82, 2.24) is 0 Å². The van der Waals surface area contributed by atoms with Crippen LogP contribution in [0, 0.1) is 5.82 Å². The molecule has 0 bridgehead atoms. The Balaban J connectivity index is 2.63. The van der Waals surface area contributed by atoms with Crippen LogP contribution in [0.15, 0.2) is 12.1 Å². The van der Waals surface area contributed by atoms with E-state index in [0.717, 1.165) is 15.6 Å². The van der Waals surface area contributed by atoms with Gasteiger partial charge in [-0.15, -0.1) is 0 Å². The van der Waals surface area contributed by atoms with Gasteiger partial charge in [0.15, 0.2) is 0 Å². The molecule has 0 saturated carbocycles. The van der Waals surface area contributed by atoms with Gasteiger partial charge < -0.3 is 0 Å². The van der Waals surface area contributed by atoms with E-state index in [2.05, 4.69) is 5.39 Å². The first-order valence-corrected chi connectivity index (χ1v) is 6.15. The van der Waals surface area contributed by atoms with Crippen molar-refractivity contribution in [3.8, 4) is 0 Å². The predicted octanol–water partition coefficient (Wildman–Crippen LogP) is 0.747. The molecular weight excluding hydrogens is 210 g/mol. The molecule has 0 aromatic heterocycles. The van der Waals surface area contributed by atoms with E-state index in [-0.39, 0.29) is 39.1 Å². The van der Waals surface area contributed by atoms with Gasteiger partial charge in [0.25, 0.3) is 0 Å². The summed E-state index contributed by atoms with van der Waals surface area (Å²) in [5, 5.41) is 3.83. The molecule has 1 aliphatic heterocycles. The SMILES string of the molecule is [CH2]=[Al][c]1cc(F)cc2c1C(C)OC(=O)C2. The molecule has 1 unspecified atom stereocenters. The maximum absolute atomic E-state index is 13.2. The van der Waals surface area contributed by atoms with Crippen molar-refractivity contribution in [2.75, 3.05) is 0 Å². The zero-order valence-electron chi connectivity index (χ0n) is 8.42. The molecule has 1 heterocycles. The molecule has 0 fully saturated rings. The zero-order chi connectivity index (χ0) is 11.0. The van der Waals surface area contributed by atoms with E-state index in [4.69, 9.17) is 4.74 Å². The standard InChI is InChI=1S/C10H8FO2.CH2.Al/c1-6-9-3-2-8(11)4-7(9)5-10(12)13-6;;/h2,4,6H,5H2,1H3;1H2;. The summed E-state index contributed by atoms with van der Waals surface area (Å²) in [7, 11) is 0. The summed E-state index contributed by atoms with van der Waals surface area (Å²) in [6.45, 7) is 1.81. The second-order valence-electron chi connectivity index (χ2n) is 3.58. The zero-order valence-corrected chi connectivity index (χ0v) is 9.57. The Bertz CT molecular complexity index is 442. The monoisotopic (exact) mass is 220 g/mol. The summed E-state index contributed by atoms with van der Waals surface area (Å²) in [4.78, 5) is 11.2. The van der Waals surface area contributed by atoms with Gasteiger partial charge in [-0.1, -0.05) is 0 Å². The molecule has 0 saturated heterocycles. The van der Waals surface area contributed by atoms with Gasteiger partial charge in [-0.05, 0) is 0 Å². The van der Waals surface area contributed by atoms with E-state index in [0.29, 0.717) is 0 Å². The molecule has 0 spiro atoms. The van der Waals surface area contributed by atoms with Crippen LogP contribution >= 0.6 is 0 Å². The third kappa shape index (κ3) is 1.88. The molecule has 0 N–H and O–H groups in total. The molecule has 1 aromatic carbocycles. The maximum atomic E-state index is 13.2. The van der Waals surface area contributed by atoms with E-state index < -0.39 is 0 Å². The molecule has 1 aliphatic rings. The average molecular weight is 220 g/mol. The number of benzene rings is 1. The fourth-order valence-electron chi connectivity index (χ4n) is 1.96. The molecule has 1 atom stereocenters. The number of hydrogen-bond donors (Lipinski definition) is 0. The number of carbonyl (C=O) groups excluding carboxylic acids is 1. The summed E-state index contributed by atoms with van der Waals surface area (Å²) in [5.41, 5.74) is 1.71. The number of cyclic esters (lactones) is 1. The Morgan fingerprint density at radius 2 is 2.33 bits per heavy atom. The molecule has 0 amide bonds. The van der Waals surface area contributed by atoms with Crippen LogP contribution in [0.3, 0.4) is 0 Å². The molecular formula is C11H10AlFO2. The minimum absolute atomic E-state index is 0.171. The van der Waals surface area contributed by atoms with Crippen LogP contribution in [0.5, 0.6) is 0 Å². The number of ether oxygens (including phenoxy) is 1. The number of rotatable bonds is 1. The van der Waals surface area contributed by atoms with Crippen LogP contribution in [0.2, 0.25) is 0 Å². The van der Waals surface area contributed by atoms with Gasteiger partial charge in [0, 0.05) is 0 Å². The van der Waals surface area contributed by atoms with Crippen molar-refractivity contribution in [2.45, 2.75) is 19.4 Å². The Labute approximate surface area is 93.3 Å². The number of esters is 1. The quantitative estimate of drug-likeness (QED) is 0.515. The van der Waals surface area contributed by atoms with Gasteiger partial charge in [0.05, 0.1) is 0 Å². The van der Waals surface area contributed by atoms with E-state index in [1.807, 2.05) is 6.92 Å². The van der Waals surface area contributed by atoms with E-state index in [1.54, 1.807) is 0 Å². The number of hydrogen-bond acceptors (Lipinski definition) is 2. The fraction of sp³-hybridized carbons (Fsp3) is 0.273. The van der Waals surface area contributed by atoms with Crippen molar-refractivity contribution in [3.63, 3.8) is 0 Å². The van der Waals surface area contributed by atoms with Crippen LogP contribution < -0.4 is 4.43 Å². The third-order valence-corrected chi connectivity index (χ3v) is 3.45. The minimum atomic E-state index is -0.290. The van der Waals surface area contributed by atoms with Crippen LogP contribution in [-0.4, -0.2) is 26.1 Å². The summed E-state index contributed by atoms with van der Waals surface area (Å²) in [5.74, 6) is -0.576. The van der Waals surface area contributed by atoms with Crippen molar-refractivity contribution in [2.24, 2.45) is 0 Å². The molecule has 0 aliphatic carbocycles. The van der Waals surface area contributed by atoms with E-state index in [9.17, 15) is 9.18 Å². The Morgan fingerprint density at radius 1 is 1.60 bits per heavy atom. The molecule has 2 nitrogen and oxygen atoms in total. The number of fused-ring (bicyclic) bond motifs is 1. The first-order valence-electron chi connectivity index (χ1n) is 4.76. The van der Waals surface area contributed by atoms with E-state index in [1.165, 1.54) is 12.1 Å². The van der Waals surface area contributed by atoms with Gasteiger partial charge >= 0.3 is 93.0 Å². The van der Waals surface area contributed by atoms with Crippen LogP contribution in [0.25, 0.3) is 0 Å². The Hall–Kier alpha value is -0.978. The van der Waals surface area contributed by atoms with Crippen molar-refractivity contribution in [3.05, 3.63) is 29.1 Å².